The Morgan fingerprint density at radius 3 is 2.58 bits per heavy atom. The highest BCUT2D eigenvalue weighted by Gasteiger charge is 2.27. The van der Waals surface area contributed by atoms with Gasteiger partial charge in [-0.05, 0) is 43.4 Å². The van der Waals surface area contributed by atoms with Gasteiger partial charge in [0.25, 0.3) is 0 Å². The van der Waals surface area contributed by atoms with Gasteiger partial charge < -0.3 is 11.1 Å². The van der Waals surface area contributed by atoms with E-state index in [4.69, 9.17) is 5.73 Å². The molecule has 1 aliphatic rings. The van der Waals surface area contributed by atoms with E-state index in [0.717, 1.165) is 30.2 Å². The Balaban J connectivity index is 0.00000180. The van der Waals surface area contributed by atoms with Crippen LogP contribution in [0.5, 0.6) is 0 Å². The molecule has 1 aromatic rings. The molecule has 1 fully saturated rings. The zero-order valence-electron chi connectivity index (χ0n) is 10.8. The predicted molar refractivity (Wildman–Crippen MR) is 83.4 cm³/mol. The number of hydrogen-bond donors (Lipinski definition) is 2. The van der Waals surface area contributed by atoms with Gasteiger partial charge in [0.15, 0.2) is 0 Å². The summed E-state index contributed by atoms with van der Waals surface area (Å²) in [6.07, 6.45) is 3.62. The lowest BCUT2D eigenvalue weighted by Crippen LogP contribution is -2.31. The van der Waals surface area contributed by atoms with Crippen LogP contribution in [0.25, 0.3) is 0 Å². The summed E-state index contributed by atoms with van der Waals surface area (Å²) in [7, 11) is 0. The third kappa shape index (κ3) is 5.13. The van der Waals surface area contributed by atoms with Crippen LogP contribution in [0.3, 0.4) is 0 Å². The minimum absolute atomic E-state index is 0. The Bertz CT molecular complexity index is 410. The molecular formula is C14H20BrClN2O. The average Bonchev–Trinajstić information content (AvgIpc) is 2.78. The summed E-state index contributed by atoms with van der Waals surface area (Å²) in [5, 5.41) is 3.00. The summed E-state index contributed by atoms with van der Waals surface area (Å²) in [4.78, 5) is 11.9. The number of benzene rings is 1. The Kier molecular flexibility index (Phi) is 6.83. The van der Waals surface area contributed by atoms with Crippen LogP contribution in [0.1, 0.15) is 24.8 Å². The largest absolute Gasteiger partial charge is 0.356 e. The fourth-order valence-corrected chi connectivity index (χ4v) is 2.64. The standard InChI is InChI=1S/C14H19BrN2O.ClH/c15-12-4-1-10(2-5-12)7-8-17-14(18)11-3-6-13(16)9-11;/h1-2,4-5,11,13H,3,6-9,16H2,(H,17,18);1H. The van der Waals surface area contributed by atoms with E-state index < -0.39 is 0 Å². The van der Waals surface area contributed by atoms with E-state index in [1.807, 2.05) is 12.1 Å². The van der Waals surface area contributed by atoms with Crippen LogP contribution in [0.2, 0.25) is 0 Å². The van der Waals surface area contributed by atoms with Crippen molar-refractivity contribution in [1.82, 2.24) is 5.32 Å². The Morgan fingerprint density at radius 2 is 2.00 bits per heavy atom. The first-order valence-corrected chi connectivity index (χ1v) is 7.22. The number of rotatable bonds is 4. The molecule has 0 saturated heterocycles. The molecule has 0 bridgehead atoms. The van der Waals surface area contributed by atoms with Gasteiger partial charge in [-0.1, -0.05) is 28.1 Å². The minimum atomic E-state index is 0. The zero-order valence-corrected chi connectivity index (χ0v) is 13.2. The van der Waals surface area contributed by atoms with Gasteiger partial charge in [-0.25, -0.2) is 0 Å². The Labute approximate surface area is 128 Å². The van der Waals surface area contributed by atoms with E-state index in [2.05, 4.69) is 33.4 Å². The second-order valence-electron chi connectivity index (χ2n) is 4.94. The molecule has 3 nitrogen and oxygen atoms in total. The van der Waals surface area contributed by atoms with Gasteiger partial charge in [-0.3, -0.25) is 4.79 Å². The molecule has 19 heavy (non-hydrogen) atoms. The van der Waals surface area contributed by atoms with Crippen molar-refractivity contribution >= 4 is 34.2 Å². The second-order valence-corrected chi connectivity index (χ2v) is 5.85. The van der Waals surface area contributed by atoms with E-state index in [0.29, 0.717) is 6.54 Å². The van der Waals surface area contributed by atoms with Crippen molar-refractivity contribution < 1.29 is 4.79 Å². The molecule has 2 rings (SSSR count). The Morgan fingerprint density at radius 1 is 1.32 bits per heavy atom. The number of nitrogens with two attached hydrogens (primary N) is 1. The fraction of sp³-hybridized carbons (Fsp3) is 0.500. The third-order valence-electron chi connectivity index (χ3n) is 3.47. The maximum absolute atomic E-state index is 11.9. The lowest BCUT2D eigenvalue weighted by molar-refractivity contribution is -0.124. The molecular weight excluding hydrogens is 328 g/mol. The van der Waals surface area contributed by atoms with E-state index in [1.165, 1.54) is 5.56 Å². The molecule has 106 valence electrons. The lowest BCUT2D eigenvalue weighted by Gasteiger charge is -2.10. The van der Waals surface area contributed by atoms with Crippen molar-refractivity contribution in [2.75, 3.05) is 6.54 Å². The minimum Gasteiger partial charge on any atom is -0.356 e. The highest BCUT2D eigenvalue weighted by molar-refractivity contribution is 9.10. The molecule has 0 heterocycles. The molecule has 0 aliphatic heterocycles. The van der Waals surface area contributed by atoms with Crippen LogP contribution in [-0.2, 0) is 11.2 Å². The van der Waals surface area contributed by atoms with Crippen LogP contribution in [0.15, 0.2) is 28.7 Å². The Hall–Kier alpha value is -0.580. The fourth-order valence-electron chi connectivity index (χ4n) is 2.38. The maximum atomic E-state index is 11.9. The van der Waals surface area contributed by atoms with E-state index >= 15 is 0 Å². The molecule has 1 amide bonds. The van der Waals surface area contributed by atoms with E-state index in [9.17, 15) is 4.79 Å². The summed E-state index contributed by atoms with van der Waals surface area (Å²) in [5.74, 6) is 0.296. The van der Waals surface area contributed by atoms with Gasteiger partial charge in [0.05, 0.1) is 0 Å². The van der Waals surface area contributed by atoms with Crippen LogP contribution >= 0.6 is 28.3 Å². The van der Waals surface area contributed by atoms with Crippen LogP contribution in [-0.4, -0.2) is 18.5 Å². The first-order chi connectivity index (χ1) is 8.65. The highest BCUT2D eigenvalue weighted by Crippen LogP contribution is 2.23. The normalized spacial score (nSPS) is 21.8. The SMILES string of the molecule is Cl.NC1CCC(C(=O)NCCc2ccc(Br)cc2)C1. The van der Waals surface area contributed by atoms with Crippen molar-refractivity contribution in [2.24, 2.45) is 11.7 Å². The number of carbonyl (C=O) groups excluding carboxylic acids is 1. The summed E-state index contributed by atoms with van der Waals surface area (Å²) in [6, 6.07) is 8.40. The van der Waals surface area contributed by atoms with Crippen LogP contribution in [0.4, 0.5) is 0 Å². The monoisotopic (exact) mass is 346 g/mol. The number of halogens is 2. The zero-order chi connectivity index (χ0) is 13.0. The topological polar surface area (TPSA) is 55.1 Å². The lowest BCUT2D eigenvalue weighted by atomic mass is 10.1. The van der Waals surface area contributed by atoms with Crippen molar-refractivity contribution in [3.05, 3.63) is 34.3 Å². The van der Waals surface area contributed by atoms with Gasteiger partial charge in [-0.2, -0.15) is 0 Å². The summed E-state index contributed by atoms with van der Waals surface area (Å²) >= 11 is 3.41. The van der Waals surface area contributed by atoms with Gasteiger partial charge in [-0.15, -0.1) is 12.4 Å². The van der Waals surface area contributed by atoms with Crippen molar-refractivity contribution in [1.29, 1.82) is 0 Å². The number of nitrogens with one attached hydrogen (secondary N) is 1. The van der Waals surface area contributed by atoms with Gasteiger partial charge in [0, 0.05) is 23.0 Å². The smallest absolute Gasteiger partial charge is 0.223 e. The van der Waals surface area contributed by atoms with Crippen molar-refractivity contribution in [2.45, 2.75) is 31.7 Å². The third-order valence-corrected chi connectivity index (χ3v) is 4.00. The molecule has 0 radical (unpaired) electrons. The van der Waals surface area contributed by atoms with Gasteiger partial charge in [0.1, 0.15) is 0 Å². The van der Waals surface area contributed by atoms with Crippen molar-refractivity contribution in [3.63, 3.8) is 0 Å². The quantitative estimate of drug-likeness (QED) is 0.880. The molecule has 3 N–H and O–H groups in total. The molecule has 2 unspecified atom stereocenters. The summed E-state index contributed by atoms with van der Waals surface area (Å²) in [6.45, 7) is 0.701. The molecule has 1 aliphatic carbocycles. The molecule has 1 aromatic carbocycles. The number of hydrogen-bond acceptors (Lipinski definition) is 2. The number of amides is 1. The van der Waals surface area contributed by atoms with Crippen LogP contribution in [0, 0.1) is 5.92 Å². The average molecular weight is 348 g/mol. The highest BCUT2D eigenvalue weighted by atomic mass is 79.9. The molecule has 5 heteroatoms. The van der Waals surface area contributed by atoms with Crippen LogP contribution < -0.4 is 11.1 Å². The van der Waals surface area contributed by atoms with E-state index in [1.54, 1.807) is 0 Å². The maximum Gasteiger partial charge on any atom is 0.223 e. The van der Waals surface area contributed by atoms with Gasteiger partial charge >= 0.3 is 0 Å². The van der Waals surface area contributed by atoms with Crippen molar-refractivity contribution in [3.8, 4) is 0 Å². The molecule has 0 spiro atoms. The second kappa shape index (κ2) is 7.88. The number of carbonyl (C=O) groups is 1. The molecule has 0 aromatic heterocycles. The first-order valence-electron chi connectivity index (χ1n) is 6.43. The predicted octanol–water partition coefficient (Wildman–Crippen LogP) is 2.66. The molecule has 1 saturated carbocycles. The summed E-state index contributed by atoms with van der Waals surface area (Å²) in [5.41, 5.74) is 7.05. The summed E-state index contributed by atoms with van der Waals surface area (Å²) < 4.78 is 1.08. The van der Waals surface area contributed by atoms with Gasteiger partial charge in [0.2, 0.25) is 5.91 Å². The first kappa shape index (κ1) is 16.5. The molecule has 2 atom stereocenters. The van der Waals surface area contributed by atoms with E-state index in [-0.39, 0.29) is 30.3 Å².